The van der Waals surface area contributed by atoms with Crippen molar-refractivity contribution in [3.05, 3.63) is 37.0 Å². The average Bonchev–Trinajstić information content (AvgIpc) is 2.19. The molecule has 0 amide bonds. The first-order valence-corrected chi connectivity index (χ1v) is 3.78. The van der Waals surface area contributed by atoms with E-state index in [1.807, 2.05) is 6.07 Å². The fourth-order valence-corrected chi connectivity index (χ4v) is 0. The highest BCUT2D eigenvalue weighted by atomic mass is 16.4. The van der Waals surface area contributed by atoms with Crippen molar-refractivity contribution in [3.8, 4) is 12.1 Å². The van der Waals surface area contributed by atoms with E-state index >= 15 is 0 Å². The first-order valence-electron chi connectivity index (χ1n) is 3.78. The fourth-order valence-electron chi connectivity index (χ4n) is 0. The maximum atomic E-state index is 9.60. The number of hydrogen-bond donors (Lipinski definition) is 1. The van der Waals surface area contributed by atoms with Crippen LogP contribution in [-0.4, -0.2) is 11.1 Å². The molecule has 0 bridgehead atoms. The quantitative estimate of drug-likeness (QED) is 0.527. The number of aliphatic carboxylic acids is 1. The van der Waals surface area contributed by atoms with Gasteiger partial charge in [0, 0.05) is 17.2 Å². The third-order valence-corrected chi connectivity index (χ3v) is 0.647. The molecule has 0 aliphatic heterocycles. The Balaban J connectivity index is -0.000000147. The number of hydrogen-bond acceptors (Lipinski definition) is 3. The number of nitrogens with zero attached hydrogens (tertiary/aromatic N) is 2. The summed E-state index contributed by atoms with van der Waals surface area (Å²) in [5.74, 6) is -0.935. The van der Waals surface area contributed by atoms with E-state index < -0.39 is 5.97 Å². The van der Waals surface area contributed by atoms with Gasteiger partial charge in [0.2, 0.25) is 0 Å². The lowest BCUT2D eigenvalue weighted by Crippen LogP contribution is -1.92. The SMILES string of the molecule is C=C(C)C#N.C=C(C)C(=O)O.C=CC#N. The Labute approximate surface area is 90.1 Å². The van der Waals surface area contributed by atoms with Crippen molar-refractivity contribution >= 4 is 5.97 Å². The lowest BCUT2D eigenvalue weighted by Gasteiger charge is -1.79. The highest BCUT2D eigenvalue weighted by Crippen LogP contribution is 1.81. The minimum atomic E-state index is -0.935. The summed E-state index contributed by atoms with van der Waals surface area (Å²) in [6.45, 7) is 12.7. The molecular weight excluding hydrogens is 192 g/mol. The zero-order valence-corrected chi connectivity index (χ0v) is 8.95. The van der Waals surface area contributed by atoms with E-state index in [1.54, 1.807) is 13.0 Å². The van der Waals surface area contributed by atoms with Crippen molar-refractivity contribution in [1.82, 2.24) is 0 Å². The predicted molar refractivity (Wildman–Crippen MR) is 58.7 cm³/mol. The molecule has 0 aliphatic rings. The van der Waals surface area contributed by atoms with Crippen LogP contribution in [0.5, 0.6) is 0 Å². The summed E-state index contributed by atoms with van der Waals surface area (Å²) < 4.78 is 0. The van der Waals surface area contributed by atoms with Gasteiger partial charge < -0.3 is 5.11 Å². The van der Waals surface area contributed by atoms with Crippen LogP contribution in [0.25, 0.3) is 0 Å². The van der Waals surface area contributed by atoms with Crippen molar-refractivity contribution in [1.29, 1.82) is 10.5 Å². The highest BCUT2D eigenvalue weighted by molar-refractivity contribution is 5.84. The molecule has 0 radical (unpaired) electrons. The van der Waals surface area contributed by atoms with Gasteiger partial charge in [-0.25, -0.2) is 4.79 Å². The normalized spacial score (nSPS) is 5.87. The summed E-state index contributed by atoms with van der Waals surface area (Å²) in [6.07, 6.45) is 1.18. The summed E-state index contributed by atoms with van der Waals surface area (Å²) in [7, 11) is 0. The summed E-state index contributed by atoms with van der Waals surface area (Å²) in [4.78, 5) is 9.60. The zero-order valence-electron chi connectivity index (χ0n) is 8.95. The molecule has 0 heterocycles. The van der Waals surface area contributed by atoms with Crippen LogP contribution in [0.15, 0.2) is 37.0 Å². The van der Waals surface area contributed by atoms with Gasteiger partial charge in [0.1, 0.15) is 0 Å². The van der Waals surface area contributed by atoms with Gasteiger partial charge in [-0.1, -0.05) is 19.7 Å². The number of carbonyl (C=O) groups is 1. The molecule has 0 spiro atoms. The Hall–Kier alpha value is -2.33. The van der Waals surface area contributed by atoms with Gasteiger partial charge in [-0.05, 0) is 13.8 Å². The maximum Gasteiger partial charge on any atom is 0.330 e. The molecule has 0 aliphatic carbocycles. The van der Waals surface area contributed by atoms with Crippen LogP contribution in [0.3, 0.4) is 0 Å². The molecule has 0 fully saturated rings. The van der Waals surface area contributed by atoms with Gasteiger partial charge in [0.15, 0.2) is 0 Å². The van der Waals surface area contributed by atoms with Crippen LogP contribution >= 0.6 is 0 Å². The second-order valence-electron chi connectivity index (χ2n) is 2.31. The van der Waals surface area contributed by atoms with Gasteiger partial charge in [-0.3, -0.25) is 0 Å². The minimum absolute atomic E-state index is 0.176. The van der Waals surface area contributed by atoms with Gasteiger partial charge in [0.25, 0.3) is 0 Å². The number of nitriles is 2. The standard InChI is InChI=1S/C4H5N.C4H6O2.C3H3N/c1-4(2)3-5;1-3(2)4(5)6;1-2-3-4/h1H2,2H3;1H2,2H3,(H,5,6);2H,1H2. The second kappa shape index (κ2) is 14.2. The number of allylic oxidation sites excluding steroid dienone is 2. The van der Waals surface area contributed by atoms with Gasteiger partial charge in [0.05, 0.1) is 12.1 Å². The van der Waals surface area contributed by atoms with Crippen LogP contribution in [-0.2, 0) is 4.79 Å². The van der Waals surface area contributed by atoms with Crippen molar-refractivity contribution in [2.24, 2.45) is 0 Å². The summed E-state index contributed by atoms with van der Waals surface area (Å²) >= 11 is 0. The van der Waals surface area contributed by atoms with Gasteiger partial charge >= 0.3 is 5.97 Å². The summed E-state index contributed by atoms with van der Waals surface area (Å²) in [5.41, 5.74) is 0.736. The van der Waals surface area contributed by atoms with E-state index in [2.05, 4.69) is 19.7 Å². The monoisotopic (exact) mass is 206 g/mol. The van der Waals surface area contributed by atoms with E-state index in [0.29, 0.717) is 5.57 Å². The zero-order chi connectivity index (χ0) is 12.9. The van der Waals surface area contributed by atoms with Crippen LogP contribution in [0, 0.1) is 22.7 Å². The Morgan fingerprint density at radius 2 is 1.53 bits per heavy atom. The fraction of sp³-hybridized carbons (Fsp3) is 0.182. The lowest BCUT2D eigenvalue weighted by molar-refractivity contribution is -0.132. The van der Waals surface area contributed by atoms with Crippen molar-refractivity contribution in [2.45, 2.75) is 13.8 Å². The van der Waals surface area contributed by atoms with Crippen LogP contribution in [0.4, 0.5) is 0 Å². The molecule has 0 aromatic carbocycles. The van der Waals surface area contributed by atoms with E-state index in [-0.39, 0.29) is 5.57 Å². The van der Waals surface area contributed by atoms with Crippen LogP contribution in [0.2, 0.25) is 0 Å². The minimum Gasteiger partial charge on any atom is -0.478 e. The lowest BCUT2D eigenvalue weighted by atomic mass is 10.4. The molecule has 0 aromatic heterocycles. The van der Waals surface area contributed by atoms with E-state index in [9.17, 15) is 4.79 Å². The topological polar surface area (TPSA) is 84.9 Å². The molecule has 1 N–H and O–H groups in total. The predicted octanol–water partition coefficient (Wildman–Crippen LogP) is 2.43. The molecule has 4 nitrogen and oxygen atoms in total. The first-order chi connectivity index (χ1) is 6.83. The largest absolute Gasteiger partial charge is 0.478 e. The number of rotatable bonds is 1. The van der Waals surface area contributed by atoms with Gasteiger partial charge in [-0.15, -0.1) is 0 Å². The maximum absolute atomic E-state index is 9.60. The Morgan fingerprint density at radius 3 is 1.53 bits per heavy atom. The second-order valence-corrected chi connectivity index (χ2v) is 2.31. The average molecular weight is 206 g/mol. The molecule has 80 valence electrons. The Bertz CT molecular complexity index is 304. The van der Waals surface area contributed by atoms with E-state index in [0.717, 1.165) is 0 Å². The molecule has 0 rings (SSSR count). The first kappa shape index (κ1) is 18.5. The van der Waals surface area contributed by atoms with Crippen LogP contribution in [0.1, 0.15) is 13.8 Å². The molecular formula is C11H14N2O2. The Kier molecular flexibility index (Phi) is 17.5. The van der Waals surface area contributed by atoms with Gasteiger partial charge in [-0.2, -0.15) is 10.5 Å². The molecule has 0 saturated heterocycles. The molecule has 4 heteroatoms. The molecule has 15 heavy (non-hydrogen) atoms. The number of carboxylic acid groups (broad SMARTS) is 1. The van der Waals surface area contributed by atoms with Crippen LogP contribution < -0.4 is 0 Å². The Morgan fingerprint density at radius 1 is 1.33 bits per heavy atom. The van der Waals surface area contributed by atoms with Crippen molar-refractivity contribution < 1.29 is 9.90 Å². The highest BCUT2D eigenvalue weighted by Gasteiger charge is 1.90. The molecule has 0 saturated carbocycles. The van der Waals surface area contributed by atoms with E-state index in [4.69, 9.17) is 15.6 Å². The van der Waals surface area contributed by atoms with E-state index in [1.165, 1.54) is 13.0 Å². The molecule has 0 unspecified atom stereocenters. The third-order valence-electron chi connectivity index (χ3n) is 0.647. The smallest absolute Gasteiger partial charge is 0.330 e. The van der Waals surface area contributed by atoms with Crippen molar-refractivity contribution in [3.63, 3.8) is 0 Å². The summed E-state index contributed by atoms with van der Waals surface area (Å²) in [5, 5.41) is 23.2. The number of carboxylic acids is 1. The van der Waals surface area contributed by atoms with Crippen molar-refractivity contribution in [2.75, 3.05) is 0 Å². The summed E-state index contributed by atoms with van der Waals surface area (Å²) in [6, 6.07) is 3.53. The molecule has 0 aromatic rings. The third kappa shape index (κ3) is 50.0. The molecule has 0 atom stereocenters.